The third kappa shape index (κ3) is 2.66. The fourth-order valence-corrected chi connectivity index (χ4v) is 3.56. The fourth-order valence-electron chi connectivity index (χ4n) is 2.47. The van der Waals surface area contributed by atoms with Crippen LogP contribution in [0.5, 0.6) is 0 Å². The normalized spacial score (nSPS) is 19.4. The van der Waals surface area contributed by atoms with Crippen LogP contribution in [0, 0.1) is 0 Å². The van der Waals surface area contributed by atoms with E-state index in [2.05, 4.69) is 20.9 Å². The van der Waals surface area contributed by atoms with E-state index < -0.39 is 15.3 Å². The Morgan fingerprint density at radius 1 is 1.33 bits per heavy atom. The van der Waals surface area contributed by atoms with Gasteiger partial charge in [-0.15, -0.1) is 0 Å². The van der Waals surface area contributed by atoms with E-state index in [1.807, 2.05) is 18.2 Å². The van der Waals surface area contributed by atoms with Gasteiger partial charge in [-0.2, -0.15) is 0 Å². The summed E-state index contributed by atoms with van der Waals surface area (Å²) in [6.07, 6.45) is 1.51. The highest BCUT2D eigenvalue weighted by molar-refractivity contribution is 9.10. The predicted octanol–water partition coefficient (Wildman–Crippen LogP) is 1.39. The van der Waals surface area contributed by atoms with Crippen molar-refractivity contribution < 1.29 is 13.2 Å². The van der Waals surface area contributed by atoms with Crippen LogP contribution in [0.1, 0.15) is 6.42 Å². The number of pyridine rings is 1. The lowest BCUT2D eigenvalue weighted by Gasteiger charge is -2.18. The molecule has 1 aromatic carbocycles. The Labute approximate surface area is 130 Å². The zero-order valence-corrected chi connectivity index (χ0v) is 13.3. The van der Waals surface area contributed by atoms with Gasteiger partial charge in [0, 0.05) is 29.0 Å². The largest absolute Gasteiger partial charge is 0.310 e. The van der Waals surface area contributed by atoms with Crippen molar-refractivity contribution in [3.8, 4) is 0 Å². The van der Waals surface area contributed by atoms with E-state index in [4.69, 9.17) is 5.14 Å². The Kier molecular flexibility index (Phi) is 3.46. The van der Waals surface area contributed by atoms with Gasteiger partial charge in [0.15, 0.2) is 0 Å². The lowest BCUT2D eigenvalue weighted by molar-refractivity contribution is -0.117. The molecule has 0 radical (unpaired) electrons. The molecule has 0 aliphatic carbocycles. The third-order valence-electron chi connectivity index (χ3n) is 3.53. The molecule has 2 N–H and O–H groups in total. The number of nitrogens with zero attached hydrogens (tertiary/aromatic N) is 2. The van der Waals surface area contributed by atoms with Gasteiger partial charge < -0.3 is 4.90 Å². The molecule has 0 bridgehead atoms. The van der Waals surface area contributed by atoms with Crippen LogP contribution in [0.3, 0.4) is 0 Å². The number of amides is 1. The van der Waals surface area contributed by atoms with Gasteiger partial charge in [-0.1, -0.05) is 15.9 Å². The van der Waals surface area contributed by atoms with E-state index in [0.29, 0.717) is 5.69 Å². The number of rotatable bonds is 2. The molecule has 1 atom stereocenters. The number of sulfonamides is 1. The molecule has 0 saturated carbocycles. The minimum absolute atomic E-state index is 0.0727. The summed E-state index contributed by atoms with van der Waals surface area (Å²) in [5.74, 6) is -0.249. The van der Waals surface area contributed by atoms with E-state index in [1.165, 1.54) is 4.90 Å². The number of hydrogen-bond donors (Lipinski definition) is 1. The highest BCUT2D eigenvalue weighted by atomic mass is 79.9. The Bertz CT molecular complexity index is 838. The molecule has 1 amide bonds. The quantitative estimate of drug-likeness (QED) is 0.865. The topological polar surface area (TPSA) is 93.4 Å². The van der Waals surface area contributed by atoms with E-state index in [1.54, 1.807) is 12.3 Å². The van der Waals surface area contributed by atoms with Crippen LogP contribution in [0.25, 0.3) is 10.9 Å². The van der Waals surface area contributed by atoms with E-state index in [-0.39, 0.29) is 18.9 Å². The SMILES string of the molecule is NS(=O)(=O)C1CC(=O)N(c2ccnc3ccc(Br)cc23)C1. The lowest BCUT2D eigenvalue weighted by Crippen LogP contribution is -2.32. The van der Waals surface area contributed by atoms with Gasteiger partial charge in [-0.25, -0.2) is 13.6 Å². The second kappa shape index (κ2) is 5.04. The molecule has 0 spiro atoms. The third-order valence-corrected chi connectivity index (χ3v) is 5.26. The van der Waals surface area contributed by atoms with Crippen molar-refractivity contribution in [1.29, 1.82) is 0 Å². The van der Waals surface area contributed by atoms with Crippen LogP contribution >= 0.6 is 15.9 Å². The van der Waals surface area contributed by atoms with Gasteiger partial charge in [0.2, 0.25) is 15.9 Å². The Morgan fingerprint density at radius 3 is 2.76 bits per heavy atom. The number of carbonyl (C=O) groups excluding carboxylic acids is 1. The number of nitrogens with two attached hydrogens (primary N) is 1. The Balaban J connectivity index is 2.09. The van der Waals surface area contributed by atoms with Gasteiger partial charge in [0.05, 0.1) is 11.2 Å². The molecule has 8 heteroatoms. The molecule has 1 aromatic heterocycles. The minimum Gasteiger partial charge on any atom is -0.310 e. The van der Waals surface area contributed by atoms with Crippen LogP contribution in [0.4, 0.5) is 5.69 Å². The van der Waals surface area contributed by atoms with Crippen molar-refractivity contribution in [2.45, 2.75) is 11.7 Å². The minimum atomic E-state index is -3.73. The smallest absolute Gasteiger partial charge is 0.228 e. The summed E-state index contributed by atoms with van der Waals surface area (Å²) in [4.78, 5) is 17.8. The molecule has 21 heavy (non-hydrogen) atoms. The summed E-state index contributed by atoms with van der Waals surface area (Å²) < 4.78 is 23.8. The van der Waals surface area contributed by atoms with Gasteiger partial charge in [0.25, 0.3) is 0 Å². The van der Waals surface area contributed by atoms with Crippen LogP contribution in [-0.2, 0) is 14.8 Å². The maximum Gasteiger partial charge on any atom is 0.228 e. The summed E-state index contributed by atoms with van der Waals surface area (Å²) in [6.45, 7) is 0.0727. The first-order chi connectivity index (χ1) is 9.86. The first-order valence-corrected chi connectivity index (χ1v) is 8.63. The average Bonchev–Trinajstić information content (AvgIpc) is 2.80. The van der Waals surface area contributed by atoms with Crippen molar-refractivity contribution in [3.05, 3.63) is 34.9 Å². The van der Waals surface area contributed by atoms with Gasteiger partial charge in [-0.05, 0) is 24.3 Å². The standard InChI is InChI=1S/C13H12BrN3O3S/c14-8-1-2-11-10(5-8)12(3-4-16-11)17-7-9(6-13(17)18)21(15,19)20/h1-5,9H,6-7H2,(H2,15,19,20). The van der Waals surface area contributed by atoms with E-state index in [0.717, 1.165) is 15.4 Å². The molecule has 6 nitrogen and oxygen atoms in total. The molecule has 1 aliphatic heterocycles. The van der Waals surface area contributed by atoms with Crippen molar-refractivity contribution >= 4 is 48.5 Å². The highest BCUT2D eigenvalue weighted by Crippen LogP contribution is 2.31. The van der Waals surface area contributed by atoms with Crippen molar-refractivity contribution in [2.24, 2.45) is 5.14 Å². The maximum atomic E-state index is 12.1. The number of primary sulfonamides is 1. The van der Waals surface area contributed by atoms with Gasteiger partial charge >= 0.3 is 0 Å². The summed E-state index contributed by atoms with van der Waals surface area (Å²) in [5.41, 5.74) is 1.39. The molecule has 1 unspecified atom stereocenters. The van der Waals surface area contributed by atoms with E-state index in [9.17, 15) is 13.2 Å². The number of benzene rings is 1. The first kappa shape index (κ1) is 14.4. The highest BCUT2D eigenvalue weighted by Gasteiger charge is 2.37. The number of carbonyl (C=O) groups is 1. The second-order valence-corrected chi connectivity index (χ2v) is 7.67. The summed E-state index contributed by atoms with van der Waals surface area (Å²) in [5, 5.41) is 5.08. The maximum absolute atomic E-state index is 12.1. The number of fused-ring (bicyclic) bond motifs is 1. The monoisotopic (exact) mass is 369 g/mol. The number of aromatic nitrogens is 1. The van der Waals surface area contributed by atoms with Crippen molar-refractivity contribution in [1.82, 2.24) is 4.98 Å². The zero-order chi connectivity index (χ0) is 15.2. The number of hydrogen-bond acceptors (Lipinski definition) is 4. The number of halogens is 1. The Hall–Kier alpha value is -1.51. The van der Waals surface area contributed by atoms with Crippen molar-refractivity contribution in [2.75, 3.05) is 11.4 Å². The van der Waals surface area contributed by atoms with Crippen molar-refractivity contribution in [3.63, 3.8) is 0 Å². The molecule has 1 fully saturated rings. The van der Waals surface area contributed by atoms with Gasteiger partial charge in [-0.3, -0.25) is 9.78 Å². The van der Waals surface area contributed by atoms with E-state index >= 15 is 0 Å². The number of anilines is 1. The van der Waals surface area contributed by atoms with Crippen LogP contribution in [0.15, 0.2) is 34.9 Å². The molecule has 1 aliphatic rings. The molecule has 110 valence electrons. The summed E-state index contributed by atoms with van der Waals surface area (Å²) >= 11 is 3.39. The predicted molar refractivity (Wildman–Crippen MR) is 83.3 cm³/mol. The molecule has 1 saturated heterocycles. The molecule has 2 aromatic rings. The lowest BCUT2D eigenvalue weighted by atomic mass is 10.2. The summed E-state index contributed by atoms with van der Waals surface area (Å²) in [6, 6.07) is 7.26. The van der Waals surface area contributed by atoms with Crippen LogP contribution in [0.2, 0.25) is 0 Å². The average molecular weight is 370 g/mol. The van der Waals surface area contributed by atoms with Crippen LogP contribution < -0.4 is 10.0 Å². The van der Waals surface area contributed by atoms with Gasteiger partial charge in [0.1, 0.15) is 5.25 Å². The fraction of sp³-hybridized carbons (Fsp3) is 0.231. The summed E-state index contributed by atoms with van der Waals surface area (Å²) in [7, 11) is -3.73. The molecular formula is C13H12BrN3O3S. The van der Waals surface area contributed by atoms with Crippen LogP contribution in [-0.4, -0.2) is 31.1 Å². The second-order valence-electron chi connectivity index (χ2n) is 4.91. The Morgan fingerprint density at radius 2 is 2.10 bits per heavy atom. The molecular weight excluding hydrogens is 358 g/mol. The molecule has 2 heterocycles. The first-order valence-electron chi connectivity index (χ1n) is 6.22. The molecule has 3 rings (SSSR count). The zero-order valence-electron chi connectivity index (χ0n) is 10.9.